The van der Waals surface area contributed by atoms with E-state index in [1.807, 2.05) is 6.26 Å². The summed E-state index contributed by atoms with van der Waals surface area (Å²) in [6.07, 6.45) is 4.34. The van der Waals surface area contributed by atoms with E-state index in [1.54, 1.807) is 0 Å². The average Bonchev–Trinajstić information content (AvgIpc) is 1.69. The molecule has 0 saturated carbocycles. The van der Waals surface area contributed by atoms with Crippen molar-refractivity contribution >= 4 is 12.0 Å². The van der Waals surface area contributed by atoms with Crippen LogP contribution in [0.25, 0.3) is 0 Å². The van der Waals surface area contributed by atoms with E-state index in [9.17, 15) is 0 Å². The van der Waals surface area contributed by atoms with Crippen molar-refractivity contribution in [3.8, 4) is 0 Å². The largest absolute Gasteiger partial charge is 0.316 e. The lowest BCUT2D eigenvalue weighted by Crippen LogP contribution is -1.82. The smallest absolute Gasteiger partial charge is 0.0613 e. The minimum atomic E-state index is 0.900. The maximum atomic E-state index is 4.99. The highest BCUT2D eigenvalue weighted by Crippen LogP contribution is 1.96. The Morgan fingerprint density at radius 2 is 2.29 bits per heavy atom. The summed E-state index contributed by atoms with van der Waals surface area (Å²) in [5, 5.41) is 0. The van der Waals surface area contributed by atoms with Crippen molar-refractivity contribution in [2.75, 3.05) is 12.9 Å². The van der Waals surface area contributed by atoms with Gasteiger partial charge in [0, 0.05) is 6.26 Å². The summed E-state index contributed by atoms with van der Waals surface area (Å²) in [4.78, 5) is 0. The van der Waals surface area contributed by atoms with E-state index in [1.165, 1.54) is 24.9 Å². The molecular formula is C5H12OS. The molecule has 0 aromatic rings. The van der Waals surface area contributed by atoms with Crippen molar-refractivity contribution in [1.29, 1.82) is 0 Å². The van der Waals surface area contributed by atoms with Crippen LogP contribution in [-0.4, -0.2) is 12.9 Å². The summed E-state index contributed by atoms with van der Waals surface area (Å²) in [5.41, 5.74) is 0. The van der Waals surface area contributed by atoms with Crippen LogP contribution < -0.4 is 0 Å². The van der Waals surface area contributed by atoms with Crippen LogP contribution in [0.15, 0.2) is 0 Å². The van der Waals surface area contributed by atoms with E-state index in [2.05, 4.69) is 6.92 Å². The predicted octanol–water partition coefficient (Wildman–Crippen LogP) is 2.08. The summed E-state index contributed by atoms with van der Waals surface area (Å²) >= 11 is 1.44. The van der Waals surface area contributed by atoms with E-state index < -0.39 is 0 Å². The second kappa shape index (κ2) is 6.31. The van der Waals surface area contributed by atoms with Gasteiger partial charge in [-0.25, -0.2) is 0 Å². The maximum Gasteiger partial charge on any atom is 0.0613 e. The molecule has 0 aliphatic rings. The van der Waals surface area contributed by atoms with Gasteiger partial charge in [-0.15, -0.1) is 0 Å². The van der Waals surface area contributed by atoms with Gasteiger partial charge in [0.15, 0.2) is 0 Å². The van der Waals surface area contributed by atoms with Gasteiger partial charge in [0.05, 0.1) is 6.61 Å². The SMILES string of the molecule is CCCCOSC. The number of unbranched alkanes of at least 4 members (excludes halogenated alkanes) is 1. The average molecular weight is 120 g/mol. The molecule has 0 unspecified atom stereocenters. The second-order valence-electron chi connectivity index (χ2n) is 1.34. The lowest BCUT2D eigenvalue weighted by molar-refractivity contribution is 0.364. The summed E-state index contributed by atoms with van der Waals surface area (Å²) in [6, 6.07) is 0. The molecule has 0 amide bonds. The first-order valence-corrected chi connectivity index (χ1v) is 3.72. The van der Waals surface area contributed by atoms with Crippen molar-refractivity contribution in [1.82, 2.24) is 0 Å². The van der Waals surface area contributed by atoms with Gasteiger partial charge >= 0.3 is 0 Å². The van der Waals surface area contributed by atoms with E-state index >= 15 is 0 Å². The summed E-state index contributed by atoms with van der Waals surface area (Å²) in [7, 11) is 0. The minimum absolute atomic E-state index is 0.900. The third kappa shape index (κ3) is 6.31. The topological polar surface area (TPSA) is 9.23 Å². The van der Waals surface area contributed by atoms with Crippen molar-refractivity contribution in [2.45, 2.75) is 19.8 Å². The van der Waals surface area contributed by atoms with E-state index in [-0.39, 0.29) is 0 Å². The molecule has 44 valence electrons. The van der Waals surface area contributed by atoms with Crippen LogP contribution in [0.4, 0.5) is 0 Å². The zero-order valence-corrected chi connectivity index (χ0v) is 5.75. The minimum Gasteiger partial charge on any atom is -0.316 e. The molecule has 0 aliphatic carbocycles. The molecule has 0 saturated heterocycles. The molecule has 0 aromatic heterocycles. The summed E-state index contributed by atoms with van der Waals surface area (Å²) in [6.45, 7) is 3.06. The van der Waals surface area contributed by atoms with Gasteiger partial charge in [-0.1, -0.05) is 13.3 Å². The fraction of sp³-hybridized carbons (Fsp3) is 1.00. The Morgan fingerprint density at radius 1 is 1.57 bits per heavy atom. The fourth-order valence-electron chi connectivity index (χ4n) is 0.287. The van der Waals surface area contributed by atoms with Gasteiger partial charge < -0.3 is 4.18 Å². The number of hydrogen-bond acceptors (Lipinski definition) is 2. The summed E-state index contributed by atoms with van der Waals surface area (Å²) < 4.78 is 4.99. The Bertz CT molecular complexity index is 27.3. The molecular weight excluding hydrogens is 108 g/mol. The molecule has 0 aromatic carbocycles. The Hall–Kier alpha value is 0.310. The first-order chi connectivity index (χ1) is 3.41. The Morgan fingerprint density at radius 3 is 2.71 bits per heavy atom. The van der Waals surface area contributed by atoms with Gasteiger partial charge in [0.2, 0.25) is 0 Å². The van der Waals surface area contributed by atoms with Gasteiger partial charge in [-0.3, -0.25) is 0 Å². The molecule has 0 atom stereocenters. The molecule has 0 aliphatic heterocycles. The lowest BCUT2D eigenvalue weighted by atomic mass is 10.4. The van der Waals surface area contributed by atoms with Crippen LogP contribution in [-0.2, 0) is 4.18 Å². The summed E-state index contributed by atoms with van der Waals surface area (Å²) in [5.74, 6) is 0. The van der Waals surface area contributed by atoms with E-state index in [0.717, 1.165) is 6.61 Å². The van der Waals surface area contributed by atoms with Crippen molar-refractivity contribution in [2.24, 2.45) is 0 Å². The quantitative estimate of drug-likeness (QED) is 0.415. The van der Waals surface area contributed by atoms with E-state index in [4.69, 9.17) is 4.18 Å². The standard InChI is InChI=1S/C5H12OS/c1-3-4-5-6-7-2/h3-5H2,1-2H3. The second-order valence-corrected chi connectivity index (χ2v) is 1.91. The van der Waals surface area contributed by atoms with Crippen LogP contribution in [0, 0.1) is 0 Å². The maximum absolute atomic E-state index is 4.99. The molecule has 0 N–H and O–H groups in total. The van der Waals surface area contributed by atoms with Crippen LogP contribution in [0.5, 0.6) is 0 Å². The molecule has 0 radical (unpaired) electrons. The van der Waals surface area contributed by atoms with Gasteiger partial charge in [0.25, 0.3) is 0 Å². The third-order valence-corrected chi connectivity index (χ3v) is 1.10. The van der Waals surface area contributed by atoms with E-state index in [0.29, 0.717) is 0 Å². The van der Waals surface area contributed by atoms with Crippen molar-refractivity contribution in [3.05, 3.63) is 0 Å². The molecule has 7 heavy (non-hydrogen) atoms. The van der Waals surface area contributed by atoms with Crippen molar-refractivity contribution in [3.63, 3.8) is 0 Å². The third-order valence-electron chi connectivity index (χ3n) is 0.699. The first-order valence-electron chi connectivity index (χ1n) is 2.57. The lowest BCUT2D eigenvalue weighted by Gasteiger charge is -1.93. The highest BCUT2D eigenvalue weighted by molar-refractivity contribution is 7.93. The Balaban J connectivity index is 2.45. The molecule has 0 spiro atoms. The predicted molar refractivity (Wildman–Crippen MR) is 34.4 cm³/mol. The van der Waals surface area contributed by atoms with Crippen molar-refractivity contribution < 1.29 is 4.18 Å². The Labute approximate surface area is 49.6 Å². The fourth-order valence-corrected chi connectivity index (χ4v) is 0.571. The first kappa shape index (κ1) is 7.31. The van der Waals surface area contributed by atoms with Crippen LogP contribution in [0.2, 0.25) is 0 Å². The molecule has 2 heteroatoms. The highest BCUT2D eigenvalue weighted by atomic mass is 32.2. The zero-order valence-electron chi connectivity index (χ0n) is 4.94. The normalized spacial score (nSPS) is 9.43. The molecule has 0 bridgehead atoms. The highest BCUT2D eigenvalue weighted by Gasteiger charge is 1.79. The number of rotatable bonds is 4. The van der Waals surface area contributed by atoms with Gasteiger partial charge in [-0.05, 0) is 18.5 Å². The zero-order chi connectivity index (χ0) is 5.54. The number of hydrogen-bond donors (Lipinski definition) is 0. The van der Waals surface area contributed by atoms with Crippen LogP contribution in [0.1, 0.15) is 19.8 Å². The van der Waals surface area contributed by atoms with Crippen LogP contribution in [0.3, 0.4) is 0 Å². The van der Waals surface area contributed by atoms with Gasteiger partial charge in [-0.2, -0.15) is 0 Å². The van der Waals surface area contributed by atoms with Gasteiger partial charge in [0.1, 0.15) is 0 Å². The molecule has 0 heterocycles. The molecule has 0 rings (SSSR count). The monoisotopic (exact) mass is 120 g/mol. The van der Waals surface area contributed by atoms with Crippen LogP contribution >= 0.6 is 12.0 Å². The molecule has 1 nitrogen and oxygen atoms in total. The molecule has 0 fully saturated rings. The Kier molecular flexibility index (Phi) is 6.59.